The highest BCUT2D eigenvalue weighted by Gasteiger charge is 2.16. The lowest BCUT2D eigenvalue weighted by atomic mass is 10.1. The molecule has 1 N–H and O–H groups in total. The third-order valence-corrected chi connectivity index (χ3v) is 3.36. The average Bonchev–Trinajstić information content (AvgIpc) is 3.02. The van der Waals surface area contributed by atoms with Gasteiger partial charge in [-0.3, -0.25) is 4.68 Å². The molecule has 6 heteroatoms. The molecule has 0 unspecified atom stereocenters. The maximum Gasteiger partial charge on any atom is 0.148 e. The van der Waals surface area contributed by atoms with Crippen LogP contribution in [0.4, 0.5) is 0 Å². The molecule has 0 aliphatic rings. The Balaban J connectivity index is 2.37. The van der Waals surface area contributed by atoms with E-state index in [-0.39, 0.29) is 6.61 Å². The second kappa shape index (κ2) is 5.97. The third-order valence-electron chi connectivity index (χ3n) is 3.36. The molecule has 0 bridgehead atoms. The summed E-state index contributed by atoms with van der Waals surface area (Å²) in [5, 5.41) is 18.3. The van der Waals surface area contributed by atoms with Gasteiger partial charge in [0.25, 0.3) is 0 Å². The first-order chi connectivity index (χ1) is 9.24. The first-order valence-corrected chi connectivity index (χ1v) is 6.80. The molecule has 0 atom stereocenters. The van der Waals surface area contributed by atoms with Crippen molar-refractivity contribution in [1.82, 2.24) is 24.5 Å². The number of nitrogens with zero attached hydrogens (tertiary/aromatic N) is 5. The lowest BCUT2D eigenvalue weighted by Gasteiger charge is -2.07. The van der Waals surface area contributed by atoms with Crippen molar-refractivity contribution in [1.29, 1.82) is 0 Å². The molecule has 0 spiro atoms. The van der Waals surface area contributed by atoms with Crippen LogP contribution in [0.2, 0.25) is 0 Å². The van der Waals surface area contributed by atoms with Gasteiger partial charge in [0.05, 0.1) is 12.3 Å². The summed E-state index contributed by atoms with van der Waals surface area (Å²) in [4.78, 5) is 4.28. The van der Waals surface area contributed by atoms with E-state index < -0.39 is 0 Å². The van der Waals surface area contributed by atoms with Gasteiger partial charge in [0, 0.05) is 17.8 Å². The van der Waals surface area contributed by atoms with Crippen LogP contribution >= 0.6 is 0 Å². The molecule has 0 aromatic carbocycles. The Kier molecular flexibility index (Phi) is 4.31. The van der Waals surface area contributed by atoms with E-state index in [1.165, 1.54) is 0 Å². The van der Waals surface area contributed by atoms with Crippen molar-refractivity contribution in [3.05, 3.63) is 29.1 Å². The van der Waals surface area contributed by atoms with E-state index in [4.69, 9.17) is 0 Å². The van der Waals surface area contributed by atoms with E-state index >= 15 is 0 Å². The smallest absolute Gasteiger partial charge is 0.148 e. The molecule has 19 heavy (non-hydrogen) atoms. The van der Waals surface area contributed by atoms with Crippen LogP contribution in [0.3, 0.4) is 0 Å². The fourth-order valence-corrected chi connectivity index (χ4v) is 2.39. The molecule has 0 fully saturated rings. The second-order valence-corrected chi connectivity index (χ2v) is 4.39. The van der Waals surface area contributed by atoms with Crippen LogP contribution < -0.4 is 0 Å². The summed E-state index contributed by atoms with van der Waals surface area (Å²) in [6, 6.07) is 0. The number of aryl methyl sites for hydroxylation is 2. The van der Waals surface area contributed by atoms with Crippen molar-refractivity contribution in [2.45, 2.75) is 53.3 Å². The molecular formula is C13H21N5O. The topological polar surface area (TPSA) is 68.8 Å². The maximum absolute atomic E-state index is 9.52. The fourth-order valence-electron chi connectivity index (χ4n) is 2.39. The highest BCUT2D eigenvalue weighted by atomic mass is 16.3. The van der Waals surface area contributed by atoms with Crippen LogP contribution in [-0.4, -0.2) is 29.7 Å². The molecule has 2 aromatic rings. The Morgan fingerprint density at radius 3 is 2.53 bits per heavy atom. The van der Waals surface area contributed by atoms with E-state index in [9.17, 15) is 5.11 Å². The van der Waals surface area contributed by atoms with Crippen LogP contribution in [0.15, 0.2) is 6.33 Å². The van der Waals surface area contributed by atoms with Gasteiger partial charge in [-0.2, -0.15) is 10.2 Å². The van der Waals surface area contributed by atoms with Gasteiger partial charge in [-0.15, -0.1) is 0 Å². The highest BCUT2D eigenvalue weighted by molar-refractivity contribution is 5.26. The van der Waals surface area contributed by atoms with Crippen LogP contribution in [0.1, 0.15) is 43.5 Å². The van der Waals surface area contributed by atoms with Crippen LogP contribution in [0.5, 0.6) is 0 Å². The van der Waals surface area contributed by atoms with Crippen molar-refractivity contribution in [3.63, 3.8) is 0 Å². The van der Waals surface area contributed by atoms with E-state index in [1.807, 2.05) is 16.3 Å². The average molecular weight is 263 g/mol. The zero-order valence-corrected chi connectivity index (χ0v) is 11.8. The minimum absolute atomic E-state index is 0.0484. The Labute approximate surface area is 113 Å². The molecule has 2 heterocycles. The highest BCUT2D eigenvalue weighted by Crippen LogP contribution is 2.17. The molecule has 0 aliphatic heterocycles. The predicted molar refractivity (Wildman–Crippen MR) is 71.7 cm³/mol. The molecule has 0 saturated carbocycles. The normalized spacial score (nSPS) is 11.2. The molecule has 104 valence electrons. The summed E-state index contributed by atoms with van der Waals surface area (Å²) >= 11 is 0. The van der Waals surface area contributed by atoms with Crippen LogP contribution in [0, 0.1) is 0 Å². The molecule has 0 aliphatic carbocycles. The molecule has 0 radical (unpaired) electrons. The summed E-state index contributed by atoms with van der Waals surface area (Å²) in [5.74, 6) is 0.895. The van der Waals surface area contributed by atoms with Gasteiger partial charge in [0.2, 0.25) is 0 Å². The Hall–Kier alpha value is -1.69. The number of aliphatic hydroxyl groups excluding tert-OH is 1. The molecular weight excluding hydrogens is 242 g/mol. The number of hydrogen-bond acceptors (Lipinski definition) is 4. The van der Waals surface area contributed by atoms with Crippen LogP contribution in [-0.2, 0) is 32.5 Å². The number of hydrogen-bond donors (Lipinski definition) is 1. The summed E-state index contributed by atoms with van der Waals surface area (Å²) in [7, 11) is 0. The zero-order chi connectivity index (χ0) is 13.8. The molecule has 0 saturated heterocycles. The Bertz CT molecular complexity index is 543. The SMILES string of the molecule is CCc1nn(Cc2ncnn2CC)c(CC)c1CO. The lowest BCUT2D eigenvalue weighted by molar-refractivity contribution is 0.279. The lowest BCUT2D eigenvalue weighted by Crippen LogP contribution is -2.12. The van der Waals surface area contributed by atoms with Gasteiger partial charge in [-0.05, 0) is 19.8 Å². The zero-order valence-electron chi connectivity index (χ0n) is 11.8. The first kappa shape index (κ1) is 13.7. The van der Waals surface area contributed by atoms with Crippen molar-refractivity contribution in [2.24, 2.45) is 0 Å². The monoisotopic (exact) mass is 263 g/mol. The Morgan fingerprint density at radius 1 is 1.16 bits per heavy atom. The Morgan fingerprint density at radius 2 is 1.95 bits per heavy atom. The molecule has 6 nitrogen and oxygen atoms in total. The fraction of sp³-hybridized carbons (Fsp3) is 0.615. The summed E-state index contributed by atoms with van der Waals surface area (Å²) < 4.78 is 3.81. The van der Waals surface area contributed by atoms with E-state index in [0.717, 1.165) is 42.2 Å². The maximum atomic E-state index is 9.52. The standard InChI is InChI=1S/C13H21N5O/c1-4-11-10(8-19)12(5-2)18(16-11)7-13-14-9-15-17(13)6-3/h9,19H,4-8H2,1-3H3. The van der Waals surface area contributed by atoms with Gasteiger partial charge in [-0.1, -0.05) is 13.8 Å². The van der Waals surface area contributed by atoms with Gasteiger partial charge in [-0.25, -0.2) is 9.67 Å². The van der Waals surface area contributed by atoms with Gasteiger partial charge in [0.1, 0.15) is 18.7 Å². The number of aliphatic hydroxyl groups is 1. The minimum atomic E-state index is 0.0484. The third kappa shape index (κ3) is 2.53. The largest absolute Gasteiger partial charge is 0.392 e. The van der Waals surface area contributed by atoms with Crippen molar-refractivity contribution < 1.29 is 5.11 Å². The van der Waals surface area contributed by atoms with Crippen molar-refractivity contribution >= 4 is 0 Å². The van der Waals surface area contributed by atoms with Crippen molar-refractivity contribution in [2.75, 3.05) is 0 Å². The quantitative estimate of drug-likeness (QED) is 0.849. The number of aromatic nitrogens is 5. The predicted octanol–water partition coefficient (Wildman–Crippen LogP) is 1.16. The second-order valence-electron chi connectivity index (χ2n) is 4.39. The summed E-state index contributed by atoms with van der Waals surface area (Å²) in [6.07, 6.45) is 3.25. The molecule has 0 amide bonds. The molecule has 2 rings (SSSR count). The number of rotatable bonds is 6. The first-order valence-electron chi connectivity index (χ1n) is 6.80. The van der Waals surface area contributed by atoms with Crippen LogP contribution in [0.25, 0.3) is 0 Å². The summed E-state index contributed by atoms with van der Waals surface area (Å²) in [6.45, 7) is 7.62. The van der Waals surface area contributed by atoms with Crippen molar-refractivity contribution in [3.8, 4) is 0 Å². The van der Waals surface area contributed by atoms with E-state index in [0.29, 0.717) is 6.54 Å². The van der Waals surface area contributed by atoms with Gasteiger partial charge < -0.3 is 5.11 Å². The molecule has 2 aromatic heterocycles. The van der Waals surface area contributed by atoms with Gasteiger partial charge >= 0.3 is 0 Å². The minimum Gasteiger partial charge on any atom is -0.392 e. The van der Waals surface area contributed by atoms with Gasteiger partial charge in [0.15, 0.2) is 0 Å². The van der Waals surface area contributed by atoms with E-state index in [2.05, 4.69) is 29.0 Å². The van der Waals surface area contributed by atoms with E-state index in [1.54, 1.807) is 6.33 Å². The summed E-state index contributed by atoms with van der Waals surface area (Å²) in [5.41, 5.74) is 3.03.